The Kier molecular flexibility index (Phi) is 5.88. The van der Waals surface area contributed by atoms with E-state index in [2.05, 4.69) is 32.2 Å². The van der Waals surface area contributed by atoms with Gasteiger partial charge in [0.25, 0.3) is 0 Å². The van der Waals surface area contributed by atoms with E-state index in [1.54, 1.807) is 6.20 Å². The van der Waals surface area contributed by atoms with Crippen LogP contribution in [0.15, 0.2) is 48.7 Å². The second-order valence-corrected chi connectivity index (χ2v) is 7.88. The molecule has 0 spiro atoms. The Bertz CT molecular complexity index is 773. The molecule has 1 aromatic carbocycles. The van der Waals surface area contributed by atoms with Crippen molar-refractivity contribution in [2.75, 3.05) is 42.9 Å². The van der Waals surface area contributed by atoms with Gasteiger partial charge in [-0.2, -0.15) is 0 Å². The van der Waals surface area contributed by atoms with E-state index in [4.69, 9.17) is 5.73 Å². The maximum absolute atomic E-state index is 12.5. The molecule has 28 heavy (non-hydrogen) atoms. The highest BCUT2D eigenvalue weighted by Crippen LogP contribution is 2.26. The Morgan fingerprint density at radius 3 is 2.57 bits per heavy atom. The van der Waals surface area contributed by atoms with Gasteiger partial charge in [-0.15, -0.1) is 0 Å². The van der Waals surface area contributed by atoms with Crippen molar-refractivity contribution in [1.82, 2.24) is 9.88 Å². The van der Waals surface area contributed by atoms with Gasteiger partial charge < -0.3 is 16.0 Å². The van der Waals surface area contributed by atoms with Crippen LogP contribution in [0, 0.1) is 0 Å². The SMILES string of the molecule is N[C@@H]1CN(CC(=O)Nc2ccc(N3CCCCC3)nc2)C[C@H]1c1ccccc1. The second-order valence-electron chi connectivity index (χ2n) is 7.88. The third-order valence-electron chi connectivity index (χ3n) is 5.75. The van der Waals surface area contributed by atoms with E-state index < -0.39 is 0 Å². The molecule has 4 rings (SSSR count). The molecule has 2 aliphatic heterocycles. The van der Waals surface area contributed by atoms with E-state index in [0.29, 0.717) is 6.54 Å². The normalized spacial score (nSPS) is 23.0. The van der Waals surface area contributed by atoms with Gasteiger partial charge in [-0.05, 0) is 37.0 Å². The number of nitrogens with one attached hydrogen (secondary N) is 1. The molecule has 2 fully saturated rings. The maximum atomic E-state index is 12.5. The third kappa shape index (κ3) is 4.51. The third-order valence-corrected chi connectivity index (χ3v) is 5.75. The molecule has 2 aliphatic rings. The number of amides is 1. The molecule has 3 N–H and O–H groups in total. The van der Waals surface area contributed by atoms with Gasteiger partial charge in [0.2, 0.25) is 5.91 Å². The topological polar surface area (TPSA) is 74.5 Å². The first-order chi connectivity index (χ1) is 13.7. The molecule has 6 heteroatoms. The summed E-state index contributed by atoms with van der Waals surface area (Å²) in [6.07, 6.45) is 5.50. The van der Waals surface area contributed by atoms with E-state index in [9.17, 15) is 4.79 Å². The Hall–Kier alpha value is -2.44. The van der Waals surface area contributed by atoms with Crippen molar-refractivity contribution in [2.24, 2.45) is 5.73 Å². The van der Waals surface area contributed by atoms with E-state index in [1.165, 1.54) is 24.8 Å². The van der Waals surface area contributed by atoms with Gasteiger partial charge in [-0.25, -0.2) is 4.98 Å². The Morgan fingerprint density at radius 2 is 1.86 bits per heavy atom. The summed E-state index contributed by atoms with van der Waals surface area (Å²) in [6, 6.07) is 14.3. The number of rotatable bonds is 5. The van der Waals surface area contributed by atoms with Gasteiger partial charge in [0.05, 0.1) is 18.4 Å². The van der Waals surface area contributed by atoms with Gasteiger partial charge >= 0.3 is 0 Å². The quantitative estimate of drug-likeness (QED) is 0.835. The summed E-state index contributed by atoms with van der Waals surface area (Å²) in [7, 11) is 0. The summed E-state index contributed by atoms with van der Waals surface area (Å²) in [4.78, 5) is 21.4. The lowest BCUT2D eigenvalue weighted by Crippen LogP contribution is -2.33. The first-order valence-corrected chi connectivity index (χ1v) is 10.2. The zero-order chi connectivity index (χ0) is 19.3. The van der Waals surface area contributed by atoms with Crippen LogP contribution >= 0.6 is 0 Å². The molecule has 1 aromatic heterocycles. The van der Waals surface area contributed by atoms with Crippen LogP contribution in [0.5, 0.6) is 0 Å². The van der Waals surface area contributed by atoms with Crippen molar-refractivity contribution in [3.63, 3.8) is 0 Å². The Labute approximate surface area is 166 Å². The second kappa shape index (κ2) is 8.71. The molecule has 0 aliphatic carbocycles. The highest BCUT2D eigenvalue weighted by atomic mass is 16.2. The lowest BCUT2D eigenvalue weighted by atomic mass is 9.95. The van der Waals surface area contributed by atoms with Crippen LogP contribution in [0.4, 0.5) is 11.5 Å². The minimum Gasteiger partial charge on any atom is -0.357 e. The molecule has 0 saturated carbocycles. The van der Waals surface area contributed by atoms with Crippen LogP contribution < -0.4 is 16.0 Å². The molecule has 2 saturated heterocycles. The lowest BCUT2D eigenvalue weighted by molar-refractivity contribution is -0.117. The highest BCUT2D eigenvalue weighted by Gasteiger charge is 2.32. The number of aromatic nitrogens is 1. The number of benzene rings is 1. The van der Waals surface area contributed by atoms with Crippen molar-refractivity contribution >= 4 is 17.4 Å². The minimum absolute atomic E-state index is 0.0200. The summed E-state index contributed by atoms with van der Waals surface area (Å²) >= 11 is 0. The van der Waals surface area contributed by atoms with Crippen LogP contribution in [0.3, 0.4) is 0 Å². The van der Waals surface area contributed by atoms with E-state index in [0.717, 1.165) is 37.7 Å². The van der Waals surface area contributed by atoms with Crippen LogP contribution in [0.1, 0.15) is 30.7 Å². The van der Waals surface area contributed by atoms with E-state index >= 15 is 0 Å². The monoisotopic (exact) mass is 379 g/mol. The summed E-state index contributed by atoms with van der Waals surface area (Å²) in [5.74, 6) is 1.25. The molecule has 2 aromatic rings. The van der Waals surface area contributed by atoms with Crippen molar-refractivity contribution in [1.29, 1.82) is 0 Å². The van der Waals surface area contributed by atoms with Gasteiger partial charge in [0.15, 0.2) is 0 Å². The van der Waals surface area contributed by atoms with Crippen LogP contribution in [0.25, 0.3) is 0 Å². The molecule has 6 nitrogen and oxygen atoms in total. The number of hydrogen-bond donors (Lipinski definition) is 2. The summed E-state index contributed by atoms with van der Waals surface area (Å²) < 4.78 is 0. The number of carbonyl (C=O) groups excluding carboxylic acids is 1. The first-order valence-electron chi connectivity index (χ1n) is 10.2. The first kappa shape index (κ1) is 18.9. The molecule has 2 atom stereocenters. The molecule has 0 unspecified atom stereocenters. The zero-order valence-corrected chi connectivity index (χ0v) is 16.3. The summed E-state index contributed by atoms with van der Waals surface area (Å²) in [6.45, 7) is 4.03. The average Bonchev–Trinajstić information content (AvgIpc) is 3.09. The molecule has 1 amide bonds. The molecule has 3 heterocycles. The minimum atomic E-state index is -0.0200. The number of piperidine rings is 1. The lowest BCUT2D eigenvalue weighted by Gasteiger charge is -2.27. The predicted molar refractivity (Wildman–Crippen MR) is 113 cm³/mol. The van der Waals surface area contributed by atoms with Crippen molar-refractivity contribution in [3.8, 4) is 0 Å². The van der Waals surface area contributed by atoms with Gasteiger partial charge in [-0.3, -0.25) is 9.69 Å². The molecule has 148 valence electrons. The molecule has 0 radical (unpaired) electrons. The van der Waals surface area contributed by atoms with Crippen molar-refractivity contribution in [2.45, 2.75) is 31.2 Å². The van der Waals surface area contributed by atoms with Gasteiger partial charge in [0.1, 0.15) is 5.82 Å². The summed E-state index contributed by atoms with van der Waals surface area (Å²) in [5, 5.41) is 2.97. The molecular formula is C22H29N5O. The number of anilines is 2. The van der Waals surface area contributed by atoms with Crippen LogP contribution in [-0.2, 0) is 4.79 Å². The highest BCUT2D eigenvalue weighted by molar-refractivity contribution is 5.92. The number of nitrogens with zero attached hydrogens (tertiary/aromatic N) is 3. The number of hydrogen-bond acceptors (Lipinski definition) is 5. The average molecular weight is 380 g/mol. The number of likely N-dealkylation sites (tertiary alicyclic amines) is 1. The maximum Gasteiger partial charge on any atom is 0.238 e. The number of carbonyl (C=O) groups is 1. The van der Waals surface area contributed by atoms with Gasteiger partial charge in [0, 0.05) is 38.1 Å². The molecular weight excluding hydrogens is 350 g/mol. The van der Waals surface area contributed by atoms with Gasteiger partial charge in [-0.1, -0.05) is 30.3 Å². The molecule has 0 bridgehead atoms. The van der Waals surface area contributed by atoms with Crippen LogP contribution in [-0.4, -0.2) is 54.6 Å². The Balaban J connectivity index is 1.30. The largest absolute Gasteiger partial charge is 0.357 e. The fourth-order valence-electron chi connectivity index (χ4n) is 4.27. The zero-order valence-electron chi connectivity index (χ0n) is 16.3. The van der Waals surface area contributed by atoms with E-state index in [1.807, 2.05) is 30.3 Å². The number of pyridine rings is 1. The van der Waals surface area contributed by atoms with Crippen LogP contribution in [0.2, 0.25) is 0 Å². The standard InChI is InChI=1S/C22H29N5O/c23-20-15-26(14-19(20)17-7-3-1-4-8-17)16-22(28)25-18-9-10-21(24-13-18)27-11-5-2-6-12-27/h1,3-4,7-10,13,19-20H,2,5-6,11-12,14-16,23H2,(H,25,28)/t19-,20+/m0/s1. The fourth-order valence-corrected chi connectivity index (χ4v) is 4.27. The van der Waals surface area contributed by atoms with E-state index in [-0.39, 0.29) is 17.9 Å². The predicted octanol–water partition coefficient (Wildman–Crippen LogP) is 2.44. The smallest absolute Gasteiger partial charge is 0.238 e. The number of nitrogens with two attached hydrogens (primary N) is 1. The Morgan fingerprint density at radius 1 is 1.07 bits per heavy atom. The van der Waals surface area contributed by atoms with Crippen molar-refractivity contribution < 1.29 is 4.79 Å². The summed E-state index contributed by atoms with van der Waals surface area (Å²) in [5.41, 5.74) is 8.32. The van der Waals surface area contributed by atoms with Crippen molar-refractivity contribution in [3.05, 3.63) is 54.2 Å². The fraction of sp³-hybridized carbons (Fsp3) is 0.455.